The highest BCUT2D eigenvalue weighted by molar-refractivity contribution is 7.92. The van der Waals surface area contributed by atoms with Crippen LogP contribution in [0.4, 0.5) is 10.1 Å². The van der Waals surface area contributed by atoms with E-state index in [9.17, 15) is 22.4 Å². The lowest BCUT2D eigenvalue weighted by atomic mass is 10.1. The molecule has 1 N–H and O–H groups in total. The minimum absolute atomic E-state index is 0.0919. The number of carbonyl (C=O) groups excluding carboxylic acids is 2. The minimum atomic E-state index is -4.36. The zero-order valence-corrected chi connectivity index (χ0v) is 15.2. The maximum Gasteiger partial charge on any atom is 0.339 e. The highest BCUT2D eigenvalue weighted by atomic mass is 35.5. The monoisotopic (exact) mass is 401 g/mol. The summed E-state index contributed by atoms with van der Waals surface area (Å²) in [5.74, 6) is -2.37. The number of esters is 2. The lowest BCUT2D eigenvalue weighted by molar-refractivity contribution is 0.0583. The predicted octanol–water partition coefficient (Wildman–Crippen LogP) is 2.85. The van der Waals surface area contributed by atoms with Crippen molar-refractivity contribution in [1.29, 1.82) is 0 Å². The van der Waals surface area contributed by atoms with Crippen molar-refractivity contribution in [3.8, 4) is 0 Å². The molecule has 7 nitrogen and oxygen atoms in total. The van der Waals surface area contributed by atoms with Gasteiger partial charge in [-0.2, -0.15) is 0 Å². The van der Waals surface area contributed by atoms with Gasteiger partial charge in [0.15, 0.2) is 0 Å². The first-order chi connectivity index (χ1) is 12.2. The maximum absolute atomic E-state index is 13.1. The normalized spacial score (nSPS) is 10.9. The third kappa shape index (κ3) is 4.12. The summed E-state index contributed by atoms with van der Waals surface area (Å²) < 4.78 is 49.8. The zero-order chi connectivity index (χ0) is 19.5. The van der Waals surface area contributed by atoms with Crippen molar-refractivity contribution >= 4 is 39.3 Å². The lowest BCUT2D eigenvalue weighted by Crippen LogP contribution is -2.19. The number of carbonyl (C=O) groups is 2. The molecule has 2 aromatic carbocycles. The fourth-order valence-corrected chi connectivity index (χ4v) is 3.61. The molecule has 2 rings (SSSR count). The van der Waals surface area contributed by atoms with Gasteiger partial charge in [0.05, 0.1) is 36.1 Å². The van der Waals surface area contributed by atoms with Crippen LogP contribution in [0.5, 0.6) is 0 Å². The van der Waals surface area contributed by atoms with Gasteiger partial charge in [0.2, 0.25) is 0 Å². The van der Waals surface area contributed by atoms with Crippen LogP contribution in [-0.2, 0) is 19.5 Å². The molecule has 0 atom stereocenters. The molecule has 0 aliphatic carbocycles. The van der Waals surface area contributed by atoms with Gasteiger partial charge in [-0.05, 0) is 36.4 Å². The van der Waals surface area contributed by atoms with Crippen molar-refractivity contribution in [1.82, 2.24) is 0 Å². The van der Waals surface area contributed by atoms with E-state index in [0.717, 1.165) is 44.6 Å². The summed E-state index contributed by atoms with van der Waals surface area (Å²) >= 11 is 5.82. The fraction of sp³-hybridized carbons (Fsp3) is 0.125. The van der Waals surface area contributed by atoms with Gasteiger partial charge in [-0.3, -0.25) is 4.72 Å². The van der Waals surface area contributed by atoms with Crippen molar-refractivity contribution in [3.05, 3.63) is 58.4 Å². The number of halogens is 2. The van der Waals surface area contributed by atoms with Gasteiger partial charge in [0.25, 0.3) is 10.0 Å². The second-order valence-electron chi connectivity index (χ2n) is 4.92. The van der Waals surface area contributed by atoms with Gasteiger partial charge in [-0.25, -0.2) is 22.4 Å². The summed E-state index contributed by atoms with van der Waals surface area (Å²) in [6.07, 6.45) is 0. The molecule has 0 bridgehead atoms. The van der Waals surface area contributed by atoms with Gasteiger partial charge >= 0.3 is 11.9 Å². The Balaban J connectivity index is 2.58. The number of nitrogens with one attached hydrogen (secondary N) is 1. The summed E-state index contributed by atoms with van der Waals surface area (Å²) in [7, 11) is -2.16. The largest absolute Gasteiger partial charge is 0.465 e. The molecule has 138 valence electrons. The van der Waals surface area contributed by atoms with Crippen molar-refractivity contribution in [2.24, 2.45) is 0 Å². The van der Waals surface area contributed by atoms with E-state index < -0.39 is 32.7 Å². The summed E-state index contributed by atoms with van der Waals surface area (Å²) in [6, 6.07) is 6.37. The number of hydrogen-bond donors (Lipinski definition) is 1. The van der Waals surface area contributed by atoms with Gasteiger partial charge in [0, 0.05) is 0 Å². The first-order valence-corrected chi connectivity index (χ1v) is 8.84. The predicted molar refractivity (Wildman–Crippen MR) is 91.3 cm³/mol. The van der Waals surface area contributed by atoms with Crippen LogP contribution in [0.1, 0.15) is 20.7 Å². The maximum atomic E-state index is 13.1. The van der Waals surface area contributed by atoms with Crippen LogP contribution in [0.3, 0.4) is 0 Å². The molecule has 0 fully saturated rings. The molecular formula is C16H13ClFNO6S. The number of hydrogen-bond acceptors (Lipinski definition) is 6. The van der Waals surface area contributed by atoms with Crippen LogP contribution in [0.25, 0.3) is 0 Å². The van der Waals surface area contributed by atoms with Crippen molar-refractivity contribution in [2.75, 3.05) is 18.9 Å². The summed E-state index contributed by atoms with van der Waals surface area (Å²) in [5, 5.41) is -0.183. The second kappa shape index (κ2) is 7.71. The van der Waals surface area contributed by atoms with Crippen molar-refractivity contribution in [2.45, 2.75) is 4.90 Å². The van der Waals surface area contributed by atoms with Crippen molar-refractivity contribution in [3.63, 3.8) is 0 Å². The number of methoxy groups -OCH3 is 2. The average molecular weight is 402 g/mol. The number of sulfonamides is 1. The van der Waals surface area contributed by atoms with Crippen LogP contribution in [0.2, 0.25) is 5.02 Å². The summed E-state index contributed by atoms with van der Waals surface area (Å²) in [5.41, 5.74) is -0.496. The minimum Gasteiger partial charge on any atom is -0.465 e. The van der Waals surface area contributed by atoms with Crippen LogP contribution in [0.15, 0.2) is 41.3 Å². The Morgan fingerprint density at radius 3 is 2.27 bits per heavy atom. The topological polar surface area (TPSA) is 98.8 Å². The fourth-order valence-electron chi connectivity index (χ4n) is 2.04. The number of rotatable bonds is 5. The Labute approximate surface area is 153 Å². The molecule has 0 aliphatic heterocycles. The second-order valence-corrected chi connectivity index (χ2v) is 6.98. The molecule has 2 aromatic rings. The molecule has 0 spiro atoms. The molecule has 0 aliphatic rings. The first kappa shape index (κ1) is 19.7. The zero-order valence-electron chi connectivity index (χ0n) is 13.6. The number of benzene rings is 2. The molecule has 0 saturated heterocycles. The molecule has 0 heterocycles. The highest BCUT2D eigenvalue weighted by Crippen LogP contribution is 2.27. The van der Waals surface area contributed by atoms with E-state index in [-0.39, 0.29) is 21.8 Å². The van der Waals surface area contributed by atoms with Gasteiger partial charge in [-0.1, -0.05) is 11.6 Å². The van der Waals surface area contributed by atoms with Crippen LogP contribution < -0.4 is 4.72 Å². The van der Waals surface area contributed by atoms with Gasteiger partial charge in [-0.15, -0.1) is 0 Å². The van der Waals surface area contributed by atoms with Crippen LogP contribution >= 0.6 is 11.6 Å². The van der Waals surface area contributed by atoms with Gasteiger partial charge in [0.1, 0.15) is 10.7 Å². The Morgan fingerprint density at radius 2 is 1.69 bits per heavy atom. The summed E-state index contributed by atoms with van der Waals surface area (Å²) in [6.45, 7) is 0. The lowest BCUT2D eigenvalue weighted by Gasteiger charge is -2.13. The molecule has 26 heavy (non-hydrogen) atoms. The SMILES string of the molecule is COC(=O)c1ccc(C(=O)OC)c(S(=O)(=O)Nc2ccc(F)cc2Cl)c1. The third-order valence-electron chi connectivity index (χ3n) is 3.27. The first-order valence-electron chi connectivity index (χ1n) is 6.98. The van der Waals surface area contributed by atoms with E-state index in [4.69, 9.17) is 11.6 Å². The van der Waals surface area contributed by atoms with Crippen LogP contribution in [0, 0.1) is 5.82 Å². The molecule has 10 heteroatoms. The summed E-state index contributed by atoms with van der Waals surface area (Å²) in [4.78, 5) is 23.0. The van der Waals surface area contributed by atoms with Gasteiger partial charge < -0.3 is 9.47 Å². The molecule has 0 saturated carbocycles. The molecular weight excluding hydrogens is 389 g/mol. The quantitative estimate of drug-likeness (QED) is 0.773. The van der Waals surface area contributed by atoms with E-state index >= 15 is 0 Å². The smallest absolute Gasteiger partial charge is 0.339 e. The van der Waals surface area contributed by atoms with E-state index in [1.807, 2.05) is 0 Å². The van der Waals surface area contributed by atoms with Crippen molar-refractivity contribution < 1.29 is 31.9 Å². The Morgan fingerprint density at radius 1 is 1.04 bits per heavy atom. The number of ether oxygens (including phenoxy) is 2. The van der Waals surface area contributed by atoms with E-state index in [1.165, 1.54) is 6.07 Å². The molecule has 0 unspecified atom stereocenters. The Bertz CT molecular complexity index is 977. The Hall–Kier alpha value is -2.65. The Kier molecular flexibility index (Phi) is 5.83. The molecule has 0 aromatic heterocycles. The number of anilines is 1. The molecule has 0 amide bonds. The highest BCUT2D eigenvalue weighted by Gasteiger charge is 2.26. The average Bonchev–Trinajstić information content (AvgIpc) is 2.62. The standard InChI is InChI=1S/C16H13ClFNO6S/c1-24-15(20)9-3-5-11(16(21)25-2)14(7-9)26(22,23)19-13-6-4-10(18)8-12(13)17/h3-8,19H,1-2H3. The van der Waals surface area contributed by atoms with E-state index in [1.54, 1.807) is 0 Å². The molecule has 0 radical (unpaired) electrons. The van der Waals surface area contributed by atoms with E-state index in [2.05, 4.69) is 14.2 Å². The van der Waals surface area contributed by atoms with E-state index in [0.29, 0.717) is 0 Å². The third-order valence-corrected chi connectivity index (χ3v) is 4.99. The van der Waals surface area contributed by atoms with Crippen LogP contribution in [-0.4, -0.2) is 34.6 Å².